The number of hydrogen-bond donors (Lipinski definition) is 2. The van der Waals surface area contributed by atoms with Crippen molar-refractivity contribution in [3.8, 4) is 11.1 Å². The molecule has 6 heteroatoms. The lowest BCUT2D eigenvalue weighted by Gasteiger charge is -2.35. The van der Waals surface area contributed by atoms with E-state index in [9.17, 15) is 14.7 Å². The predicted octanol–water partition coefficient (Wildman–Crippen LogP) is 4.87. The van der Waals surface area contributed by atoms with Crippen LogP contribution in [-0.2, 0) is 20.9 Å². The molecule has 2 aromatic rings. The van der Waals surface area contributed by atoms with Crippen LogP contribution in [0.2, 0.25) is 0 Å². The average molecular weight is 477 g/mol. The molecular weight excluding hydrogens is 440 g/mol. The smallest absolute Gasteiger partial charge is 0.329 e. The van der Waals surface area contributed by atoms with E-state index in [1.54, 1.807) is 6.92 Å². The van der Waals surface area contributed by atoms with Gasteiger partial charge in [0.15, 0.2) is 0 Å². The number of benzene rings is 2. The van der Waals surface area contributed by atoms with Gasteiger partial charge in [-0.15, -0.1) is 0 Å². The van der Waals surface area contributed by atoms with Crippen molar-refractivity contribution in [2.45, 2.75) is 69.7 Å². The van der Waals surface area contributed by atoms with E-state index < -0.39 is 17.6 Å². The summed E-state index contributed by atoms with van der Waals surface area (Å²) in [6, 6.07) is 15.6. The fourth-order valence-corrected chi connectivity index (χ4v) is 5.45. The number of amides is 1. The Balaban J connectivity index is 1.44. The Morgan fingerprint density at radius 3 is 2.54 bits per heavy atom. The quantitative estimate of drug-likeness (QED) is 0.567. The van der Waals surface area contributed by atoms with Gasteiger partial charge in [0.1, 0.15) is 5.54 Å². The number of ether oxygens (including phenoxy) is 1. The SMILES string of the molecule is C=Cc1cccc(-c2cccc(CO[C@H]3CN(C(=O)[C@@H](N)C4CCCCC4)[C@](C)(C(=O)O)C3)c2)c1. The average Bonchev–Trinajstić information content (AvgIpc) is 3.25. The third kappa shape index (κ3) is 5.49. The van der Waals surface area contributed by atoms with Crippen molar-refractivity contribution in [3.05, 3.63) is 66.2 Å². The molecule has 35 heavy (non-hydrogen) atoms. The Morgan fingerprint density at radius 2 is 1.86 bits per heavy atom. The van der Waals surface area contributed by atoms with Gasteiger partial charge in [0, 0.05) is 13.0 Å². The van der Waals surface area contributed by atoms with Gasteiger partial charge in [0.2, 0.25) is 5.91 Å². The second-order valence-electron chi connectivity index (χ2n) is 10.1. The van der Waals surface area contributed by atoms with E-state index in [1.807, 2.05) is 30.3 Å². The van der Waals surface area contributed by atoms with Gasteiger partial charge in [-0.1, -0.05) is 68.3 Å². The number of likely N-dealkylation sites (tertiary alicyclic amines) is 1. The second-order valence-corrected chi connectivity index (χ2v) is 10.1. The van der Waals surface area contributed by atoms with Gasteiger partial charge < -0.3 is 20.5 Å². The molecule has 0 bridgehead atoms. The van der Waals surface area contributed by atoms with Gasteiger partial charge >= 0.3 is 5.97 Å². The molecule has 0 aromatic heterocycles. The molecule has 0 unspecified atom stereocenters. The van der Waals surface area contributed by atoms with E-state index in [2.05, 4.69) is 30.8 Å². The first-order chi connectivity index (χ1) is 16.8. The van der Waals surface area contributed by atoms with Crippen LogP contribution in [0.5, 0.6) is 0 Å². The fraction of sp³-hybridized carbons (Fsp3) is 0.448. The van der Waals surface area contributed by atoms with Gasteiger partial charge in [0.05, 0.1) is 18.8 Å². The van der Waals surface area contributed by atoms with Gasteiger partial charge in [-0.2, -0.15) is 0 Å². The van der Waals surface area contributed by atoms with E-state index in [0.717, 1.165) is 47.9 Å². The van der Waals surface area contributed by atoms with Crippen LogP contribution in [0.15, 0.2) is 55.1 Å². The molecule has 1 amide bonds. The summed E-state index contributed by atoms with van der Waals surface area (Å²) in [5.74, 6) is -1.16. The molecule has 6 nitrogen and oxygen atoms in total. The summed E-state index contributed by atoms with van der Waals surface area (Å²) in [4.78, 5) is 27.0. The molecule has 0 spiro atoms. The molecule has 4 rings (SSSR count). The molecule has 3 atom stereocenters. The largest absolute Gasteiger partial charge is 0.480 e. The van der Waals surface area contributed by atoms with Crippen molar-refractivity contribution in [1.29, 1.82) is 0 Å². The van der Waals surface area contributed by atoms with Crippen LogP contribution in [0.4, 0.5) is 0 Å². The van der Waals surface area contributed by atoms with Crippen molar-refractivity contribution in [2.24, 2.45) is 11.7 Å². The highest BCUT2D eigenvalue weighted by molar-refractivity contribution is 5.90. The van der Waals surface area contributed by atoms with Gasteiger partial charge in [-0.3, -0.25) is 4.79 Å². The number of nitrogens with two attached hydrogens (primary N) is 1. The first-order valence-electron chi connectivity index (χ1n) is 12.6. The first kappa shape index (κ1) is 25.1. The van der Waals surface area contributed by atoms with Crippen LogP contribution in [-0.4, -0.2) is 46.1 Å². The number of carbonyl (C=O) groups excluding carboxylic acids is 1. The molecule has 0 radical (unpaired) electrons. The third-order valence-electron chi connectivity index (χ3n) is 7.65. The van der Waals surface area contributed by atoms with Crippen LogP contribution in [0.3, 0.4) is 0 Å². The number of nitrogens with zero attached hydrogens (tertiary/aromatic N) is 1. The Morgan fingerprint density at radius 1 is 1.17 bits per heavy atom. The molecule has 2 aliphatic rings. The summed E-state index contributed by atoms with van der Waals surface area (Å²) in [7, 11) is 0. The Hall–Kier alpha value is -2.96. The van der Waals surface area contributed by atoms with Crippen molar-refractivity contribution in [1.82, 2.24) is 4.90 Å². The lowest BCUT2D eigenvalue weighted by atomic mass is 9.83. The van der Waals surface area contributed by atoms with Gasteiger partial charge in [-0.25, -0.2) is 4.79 Å². The van der Waals surface area contributed by atoms with E-state index >= 15 is 0 Å². The minimum atomic E-state index is -1.32. The maximum absolute atomic E-state index is 13.3. The normalized spacial score (nSPS) is 23.7. The van der Waals surface area contributed by atoms with Crippen LogP contribution in [0.1, 0.15) is 56.6 Å². The third-order valence-corrected chi connectivity index (χ3v) is 7.65. The van der Waals surface area contributed by atoms with Crippen molar-refractivity contribution in [2.75, 3.05) is 6.54 Å². The summed E-state index contributed by atoms with van der Waals surface area (Å²) in [6.07, 6.45) is 6.87. The molecule has 2 aromatic carbocycles. The van der Waals surface area contributed by atoms with E-state index in [4.69, 9.17) is 10.5 Å². The lowest BCUT2D eigenvalue weighted by molar-refractivity contribution is -0.156. The van der Waals surface area contributed by atoms with Crippen LogP contribution < -0.4 is 5.73 Å². The molecule has 1 saturated heterocycles. The monoisotopic (exact) mass is 476 g/mol. The maximum Gasteiger partial charge on any atom is 0.329 e. The topological polar surface area (TPSA) is 92.9 Å². The van der Waals surface area contributed by atoms with Crippen LogP contribution in [0.25, 0.3) is 17.2 Å². The summed E-state index contributed by atoms with van der Waals surface area (Å²) in [6.45, 7) is 6.03. The zero-order valence-electron chi connectivity index (χ0n) is 20.5. The van der Waals surface area contributed by atoms with E-state index in [0.29, 0.717) is 6.61 Å². The molecular formula is C29H36N2O4. The summed E-state index contributed by atoms with van der Waals surface area (Å²) in [5.41, 5.74) is 9.26. The number of hydrogen-bond acceptors (Lipinski definition) is 4. The van der Waals surface area contributed by atoms with Gasteiger partial charge in [0.25, 0.3) is 0 Å². The van der Waals surface area contributed by atoms with E-state index in [1.165, 1.54) is 11.3 Å². The molecule has 3 N–H and O–H groups in total. The Kier molecular flexibility index (Phi) is 7.72. The van der Waals surface area contributed by atoms with Crippen LogP contribution >= 0.6 is 0 Å². The number of carboxylic acid groups (broad SMARTS) is 1. The minimum Gasteiger partial charge on any atom is -0.480 e. The standard InChI is InChI=1S/C29H36N2O4/c1-3-20-9-7-13-23(15-20)24-14-8-10-21(16-24)19-35-25-17-29(2,28(33)34)31(18-25)27(32)26(30)22-11-5-4-6-12-22/h3,7-10,13-16,22,25-26H,1,4-6,11-12,17-19,30H2,2H3,(H,33,34)/t25-,26+,29+/m1/s1. The predicted molar refractivity (Wildman–Crippen MR) is 137 cm³/mol. The number of aliphatic carboxylic acids is 1. The zero-order chi connectivity index (χ0) is 25.0. The highest BCUT2D eigenvalue weighted by Gasteiger charge is 2.52. The second kappa shape index (κ2) is 10.8. The zero-order valence-corrected chi connectivity index (χ0v) is 20.5. The van der Waals surface area contributed by atoms with Crippen molar-refractivity contribution >= 4 is 18.0 Å². The number of carbonyl (C=O) groups is 2. The first-order valence-corrected chi connectivity index (χ1v) is 12.6. The molecule has 1 aliphatic carbocycles. The van der Waals surface area contributed by atoms with E-state index in [-0.39, 0.29) is 30.9 Å². The van der Waals surface area contributed by atoms with Crippen molar-refractivity contribution < 1.29 is 19.4 Å². The summed E-state index contributed by atoms with van der Waals surface area (Å²) < 4.78 is 6.16. The molecule has 1 saturated carbocycles. The highest BCUT2D eigenvalue weighted by atomic mass is 16.5. The molecule has 2 fully saturated rings. The minimum absolute atomic E-state index is 0.122. The van der Waals surface area contributed by atoms with Crippen molar-refractivity contribution in [3.63, 3.8) is 0 Å². The molecule has 186 valence electrons. The highest BCUT2D eigenvalue weighted by Crippen LogP contribution is 2.35. The summed E-state index contributed by atoms with van der Waals surface area (Å²) >= 11 is 0. The molecule has 1 aliphatic heterocycles. The lowest BCUT2D eigenvalue weighted by Crippen LogP contribution is -2.57. The summed E-state index contributed by atoms with van der Waals surface area (Å²) in [5, 5.41) is 9.99. The Bertz CT molecular complexity index is 1080. The van der Waals surface area contributed by atoms with Crippen LogP contribution in [0, 0.1) is 5.92 Å². The molecule has 1 heterocycles. The maximum atomic E-state index is 13.3. The number of carboxylic acids is 1. The fourth-order valence-electron chi connectivity index (χ4n) is 5.45. The van der Waals surface area contributed by atoms with Gasteiger partial charge in [-0.05, 0) is 60.1 Å². The Labute approximate surface area is 207 Å². The number of rotatable bonds is 8.